The van der Waals surface area contributed by atoms with Crippen molar-refractivity contribution in [1.82, 2.24) is 10.3 Å². The van der Waals surface area contributed by atoms with Gasteiger partial charge in [0.1, 0.15) is 9.71 Å². The minimum atomic E-state index is -0.0889. The quantitative estimate of drug-likeness (QED) is 0.914. The van der Waals surface area contributed by atoms with Crippen molar-refractivity contribution < 1.29 is 4.79 Å². The first-order valence-corrected chi connectivity index (χ1v) is 7.99. The summed E-state index contributed by atoms with van der Waals surface area (Å²) in [6.45, 7) is 9.70. The Morgan fingerprint density at radius 3 is 2.62 bits per heavy atom. The van der Waals surface area contributed by atoms with Crippen LogP contribution in [0.3, 0.4) is 0 Å². The summed E-state index contributed by atoms with van der Waals surface area (Å²) < 4.78 is 0. The fourth-order valence-corrected chi connectivity index (χ4v) is 4.22. The molecule has 0 bridgehead atoms. The molecule has 0 saturated heterocycles. The maximum Gasteiger partial charge on any atom is 0.263 e. The van der Waals surface area contributed by atoms with Crippen LogP contribution in [-0.4, -0.2) is 17.4 Å². The second-order valence-corrected chi connectivity index (χ2v) is 7.91. The molecule has 2 heterocycles. The van der Waals surface area contributed by atoms with Crippen LogP contribution in [0, 0.1) is 16.7 Å². The summed E-state index contributed by atoms with van der Waals surface area (Å²) in [6, 6.07) is 3.74. The third-order valence-corrected chi connectivity index (χ3v) is 6.63. The van der Waals surface area contributed by atoms with Gasteiger partial charge in [0.15, 0.2) is 0 Å². The molecule has 3 N–H and O–H groups in total. The Kier molecular flexibility index (Phi) is 3.03. The molecule has 0 atom stereocenters. The monoisotopic (exact) mass is 303 g/mol. The van der Waals surface area contributed by atoms with Gasteiger partial charge in [-0.05, 0) is 28.9 Å². The lowest BCUT2D eigenvalue weighted by Gasteiger charge is -2.05. The minimum Gasteiger partial charge on any atom is -0.397 e. The average Bonchev–Trinajstić information content (AvgIpc) is 2.71. The SMILES string of the molecule is CC1(C)C(CNC(=O)c2sc3ncccc3c2N)C1(C)C. The molecule has 5 heteroatoms. The summed E-state index contributed by atoms with van der Waals surface area (Å²) in [7, 11) is 0. The van der Waals surface area contributed by atoms with E-state index in [4.69, 9.17) is 5.73 Å². The molecule has 0 unspecified atom stereocenters. The first-order valence-electron chi connectivity index (χ1n) is 7.18. The van der Waals surface area contributed by atoms with Crippen LogP contribution in [0.1, 0.15) is 37.4 Å². The third kappa shape index (κ3) is 2.02. The highest BCUT2D eigenvalue weighted by Crippen LogP contribution is 2.67. The highest BCUT2D eigenvalue weighted by atomic mass is 32.1. The number of hydrogen-bond acceptors (Lipinski definition) is 4. The van der Waals surface area contributed by atoms with E-state index in [1.807, 2.05) is 12.1 Å². The number of nitrogens with two attached hydrogens (primary N) is 1. The highest BCUT2D eigenvalue weighted by Gasteiger charge is 2.64. The zero-order valence-corrected chi connectivity index (χ0v) is 13.7. The number of carbonyl (C=O) groups excluding carboxylic acids is 1. The van der Waals surface area contributed by atoms with E-state index in [9.17, 15) is 4.79 Å². The molecular formula is C16H21N3OS. The Morgan fingerprint density at radius 1 is 1.38 bits per heavy atom. The molecule has 0 radical (unpaired) electrons. The number of nitrogens with one attached hydrogen (secondary N) is 1. The van der Waals surface area contributed by atoms with E-state index >= 15 is 0 Å². The summed E-state index contributed by atoms with van der Waals surface area (Å²) in [5.41, 5.74) is 7.16. The highest BCUT2D eigenvalue weighted by molar-refractivity contribution is 7.21. The second kappa shape index (κ2) is 4.44. The van der Waals surface area contributed by atoms with Crippen molar-refractivity contribution in [3.63, 3.8) is 0 Å². The zero-order chi connectivity index (χ0) is 15.4. The molecule has 112 valence electrons. The minimum absolute atomic E-state index is 0.0889. The van der Waals surface area contributed by atoms with Crippen molar-refractivity contribution in [3.05, 3.63) is 23.2 Å². The predicted octanol–water partition coefficient (Wildman–Crippen LogP) is 3.29. The topological polar surface area (TPSA) is 68.0 Å². The van der Waals surface area contributed by atoms with Crippen LogP contribution >= 0.6 is 11.3 Å². The summed E-state index contributed by atoms with van der Waals surface area (Å²) in [5.74, 6) is 0.414. The molecule has 3 rings (SSSR count). The molecule has 4 nitrogen and oxygen atoms in total. The van der Waals surface area contributed by atoms with E-state index < -0.39 is 0 Å². The second-order valence-electron chi connectivity index (χ2n) is 6.91. The number of pyridine rings is 1. The molecule has 0 aromatic carbocycles. The van der Waals surface area contributed by atoms with Crippen molar-refractivity contribution in [2.45, 2.75) is 27.7 Å². The van der Waals surface area contributed by atoms with Crippen molar-refractivity contribution in [2.75, 3.05) is 12.3 Å². The zero-order valence-electron chi connectivity index (χ0n) is 12.9. The molecule has 1 amide bonds. The number of hydrogen-bond donors (Lipinski definition) is 2. The van der Waals surface area contributed by atoms with Gasteiger partial charge in [0.2, 0.25) is 0 Å². The van der Waals surface area contributed by atoms with Crippen LogP contribution in [0.25, 0.3) is 10.2 Å². The van der Waals surface area contributed by atoms with Crippen LogP contribution in [-0.2, 0) is 0 Å². The van der Waals surface area contributed by atoms with Crippen molar-refractivity contribution in [1.29, 1.82) is 0 Å². The smallest absolute Gasteiger partial charge is 0.263 e. The standard InChI is InChI=1S/C16H21N3OS/c1-15(2)10(16(15,3)4)8-19-13(20)12-11(17)9-6-5-7-18-14(9)21-12/h5-7,10H,8,17H2,1-4H3,(H,19,20). The summed E-state index contributed by atoms with van der Waals surface area (Å²) in [5, 5.41) is 3.90. The predicted molar refractivity (Wildman–Crippen MR) is 87.4 cm³/mol. The normalized spacial score (nSPS) is 19.6. The van der Waals surface area contributed by atoms with Crippen LogP contribution < -0.4 is 11.1 Å². The molecule has 1 aliphatic rings. The van der Waals surface area contributed by atoms with E-state index in [1.54, 1.807) is 6.20 Å². The molecule has 0 spiro atoms. The number of fused-ring (bicyclic) bond motifs is 1. The van der Waals surface area contributed by atoms with Gasteiger partial charge in [-0.3, -0.25) is 4.79 Å². The van der Waals surface area contributed by atoms with Crippen LogP contribution in [0.15, 0.2) is 18.3 Å². The van der Waals surface area contributed by atoms with Crippen molar-refractivity contribution >= 4 is 33.1 Å². The lowest BCUT2D eigenvalue weighted by molar-refractivity contribution is 0.0955. The van der Waals surface area contributed by atoms with Gasteiger partial charge in [-0.15, -0.1) is 11.3 Å². The first kappa shape index (κ1) is 14.3. The Labute approximate surface area is 128 Å². The molecule has 1 aliphatic carbocycles. The van der Waals surface area contributed by atoms with Crippen LogP contribution in [0.4, 0.5) is 5.69 Å². The van der Waals surface area contributed by atoms with E-state index in [0.717, 1.165) is 10.2 Å². The molecule has 21 heavy (non-hydrogen) atoms. The van der Waals surface area contributed by atoms with Crippen molar-refractivity contribution in [3.8, 4) is 0 Å². The van der Waals surface area contributed by atoms with E-state index in [-0.39, 0.29) is 16.7 Å². The van der Waals surface area contributed by atoms with Gasteiger partial charge >= 0.3 is 0 Å². The largest absolute Gasteiger partial charge is 0.397 e. The number of nitrogens with zero attached hydrogens (tertiary/aromatic N) is 1. The van der Waals surface area contributed by atoms with E-state index in [2.05, 4.69) is 38.0 Å². The lowest BCUT2D eigenvalue weighted by Crippen LogP contribution is -2.27. The maximum atomic E-state index is 12.4. The number of aromatic nitrogens is 1. The summed E-state index contributed by atoms with van der Waals surface area (Å²) in [4.78, 5) is 18.0. The number of thiophene rings is 1. The lowest BCUT2D eigenvalue weighted by atomic mass is 10.0. The Morgan fingerprint density at radius 2 is 2.05 bits per heavy atom. The van der Waals surface area contributed by atoms with E-state index in [1.165, 1.54) is 11.3 Å². The Balaban J connectivity index is 1.75. The Bertz CT molecular complexity index is 703. The number of rotatable bonds is 3. The van der Waals surface area contributed by atoms with Crippen LogP contribution in [0.5, 0.6) is 0 Å². The summed E-state index contributed by atoms with van der Waals surface area (Å²) >= 11 is 1.36. The van der Waals surface area contributed by atoms with Gasteiger partial charge in [0.05, 0.1) is 5.69 Å². The van der Waals surface area contributed by atoms with Crippen LogP contribution in [0.2, 0.25) is 0 Å². The van der Waals surface area contributed by atoms with Gasteiger partial charge in [0.25, 0.3) is 5.91 Å². The van der Waals surface area contributed by atoms with E-state index in [0.29, 0.717) is 23.0 Å². The number of nitrogen functional groups attached to an aromatic ring is 1. The van der Waals surface area contributed by atoms with Gasteiger partial charge in [-0.25, -0.2) is 4.98 Å². The van der Waals surface area contributed by atoms with Gasteiger partial charge in [-0.2, -0.15) is 0 Å². The molecule has 0 aliphatic heterocycles. The maximum absolute atomic E-state index is 12.4. The number of carbonyl (C=O) groups is 1. The molecule has 1 fully saturated rings. The molecule has 1 saturated carbocycles. The summed E-state index contributed by atoms with van der Waals surface area (Å²) in [6.07, 6.45) is 1.72. The number of anilines is 1. The van der Waals surface area contributed by atoms with Gasteiger partial charge < -0.3 is 11.1 Å². The first-order chi connectivity index (χ1) is 9.76. The third-order valence-electron chi connectivity index (χ3n) is 5.50. The van der Waals surface area contributed by atoms with Crippen molar-refractivity contribution in [2.24, 2.45) is 16.7 Å². The molecule has 2 aromatic rings. The molecule has 2 aromatic heterocycles. The Hall–Kier alpha value is -1.62. The fraction of sp³-hybridized carbons (Fsp3) is 0.500. The fourth-order valence-electron chi connectivity index (χ4n) is 3.24. The van der Waals surface area contributed by atoms with Gasteiger partial charge in [-0.1, -0.05) is 27.7 Å². The number of amides is 1. The molecular weight excluding hydrogens is 282 g/mol. The average molecular weight is 303 g/mol. The van der Waals surface area contributed by atoms with Gasteiger partial charge in [0, 0.05) is 18.1 Å².